The molecule has 0 fully saturated rings. The van der Waals surface area contributed by atoms with E-state index in [1.165, 1.54) is 43.2 Å². The van der Waals surface area contributed by atoms with Crippen LogP contribution in [0.3, 0.4) is 0 Å². The van der Waals surface area contributed by atoms with E-state index >= 15 is 0 Å². The van der Waals surface area contributed by atoms with E-state index in [1.54, 1.807) is 0 Å². The summed E-state index contributed by atoms with van der Waals surface area (Å²) in [5.74, 6) is 0.783. The van der Waals surface area contributed by atoms with E-state index in [0.717, 1.165) is 34.8 Å². The fraction of sp³-hybridized carbons (Fsp3) is 0.389. The highest BCUT2D eigenvalue weighted by molar-refractivity contribution is 5.99. The van der Waals surface area contributed by atoms with Crippen molar-refractivity contribution in [2.75, 3.05) is 7.05 Å². The van der Waals surface area contributed by atoms with Gasteiger partial charge in [-0.15, -0.1) is 0 Å². The van der Waals surface area contributed by atoms with E-state index in [9.17, 15) is 5.26 Å². The van der Waals surface area contributed by atoms with Crippen LogP contribution in [-0.2, 0) is 12.0 Å². The molecule has 2 rings (SSSR count). The maximum Gasteiger partial charge on any atom is 0.0991 e. The van der Waals surface area contributed by atoms with Gasteiger partial charge in [0.25, 0.3) is 0 Å². The van der Waals surface area contributed by atoms with Crippen LogP contribution >= 0.6 is 0 Å². The molecule has 0 aliphatic rings. The van der Waals surface area contributed by atoms with Crippen molar-refractivity contribution in [1.82, 2.24) is 5.32 Å². The standard InChI is InChI=1S/C36H47N3/c1-8-13-31(14-9-2)20-19-30(10-3)27-39-29(6)34-17-11-15-32(23-34)25-36(38-7,22-21-28(4)5)35-18-12-16-33(24-35)26-37/h10-12,15-18,21-24,27,31,38H,3-4,8-9,13-14,19-20,25H2,1-2,5-7H3/b22-21-,30-27+,39-29?. The highest BCUT2D eigenvalue weighted by Gasteiger charge is 2.28. The van der Waals surface area contributed by atoms with Gasteiger partial charge in [0, 0.05) is 11.9 Å². The summed E-state index contributed by atoms with van der Waals surface area (Å²) in [5, 5.41) is 13.0. The van der Waals surface area contributed by atoms with Gasteiger partial charge in [-0.2, -0.15) is 5.26 Å². The van der Waals surface area contributed by atoms with Crippen molar-refractivity contribution in [3.8, 4) is 6.07 Å². The lowest BCUT2D eigenvalue weighted by atomic mass is 9.82. The van der Waals surface area contributed by atoms with E-state index in [-0.39, 0.29) is 0 Å². The minimum absolute atomic E-state index is 0.487. The summed E-state index contributed by atoms with van der Waals surface area (Å²) in [5.41, 5.74) is 6.63. The Bertz CT molecular complexity index is 1220. The van der Waals surface area contributed by atoms with Gasteiger partial charge in [-0.3, -0.25) is 4.99 Å². The number of aliphatic imine (C=N–C) groups is 1. The number of hydrogen-bond donors (Lipinski definition) is 1. The number of benzene rings is 2. The molecule has 3 nitrogen and oxygen atoms in total. The molecule has 1 unspecified atom stereocenters. The van der Waals surface area contributed by atoms with Gasteiger partial charge in [0.1, 0.15) is 0 Å². The topological polar surface area (TPSA) is 48.2 Å². The van der Waals surface area contributed by atoms with Gasteiger partial charge in [-0.1, -0.05) is 107 Å². The molecule has 0 spiro atoms. The second-order valence-corrected chi connectivity index (χ2v) is 10.6. The zero-order chi connectivity index (χ0) is 28.7. The van der Waals surface area contributed by atoms with Crippen LogP contribution in [0.5, 0.6) is 0 Å². The maximum atomic E-state index is 9.50. The fourth-order valence-electron chi connectivity index (χ4n) is 5.05. The number of nitrogens with one attached hydrogen (secondary N) is 1. The molecule has 0 aromatic heterocycles. The molecule has 0 saturated heterocycles. The summed E-state index contributed by atoms with van der Waals surface area (Å²) in [7, 11) is 1.96. The molecular weight excluding hydrogens is 474 g/mol. The molecule has 3 heteroatoms. The Morgan fingerprint density at radius 1 is 1.08 bits per heavy atom. The summed E-state index contributed by atoms with van der Waals surface area (Å²) in [4.78, 5) is 4.84. The van der Waals surface area contributed by atoms with Crippen molar-refractivity contribution < 1.29 is 0 Å². The third-order valence-corrected chi connectivity index (χ3v) is 7.35. The first-order valence-electron chi connectivity index (χ1n) is 14.3. The second kappa shape index (κ2) is 16.5. The van der Waals surface area contributed by atoms with Gasteiger partial charge in [-0.25, -0.2) is 0 Å². The molecular formula is C36H47N3. The molecule has 1 atom stereocenters. The smallest absolute Gasteiger partial charge is 0.0991 e. The average Bonchev–Trinajstić information content (AvgIpc) is 2.95. The van der Waals surface area contributed by atoms with E-state index in [4.69, 9.17) is 4.99 Å². The van der Waals surface area contributed by atoms with Crippen LogP contribution in [0.1, 0.15) is 88.5 Å². The highest BCUT2D eigenvalue weighted by Crippen LogP contribution is 2.29. The zero-order valence-electron chi connectivity index (χ0n) is 24.8. The number of likely N-dealkylation sites (N-methyl/N-ethyl adjacent to an activating group) is 1. The lowest BCUT2D eigenvalue weighted by Crippen LogP contribution is -2.40. The lowest BCUT2D eigenvalue weighted by molar-refractivity contribution is 0.412. The van der Waals surface area contributed by atoms with Crippen LogP contribution < -0.4 is 5.32 Å². The minimum atomic E-state index is -0.487. The van der Waals surface area contributed by atoms with Gasteiger partial charge in [0.15, 0.2) is 0 Å². The van der Waals surface area contributed by atoms with Crippen LogP contribution in [-0.4, -0.2) is 12.8 Å². The van der Waals surface area contributed by atoms with Crippen molar-refractivity contribution in [3.63, 3.8) is 0 Å². The Kier molecular flexibility index (Phi) is 13.4. The van der Waals surface area contributed by atoms with Crippen LogP contribution in [0.2, 0.25) is 0 Å². The fourth-order valence-corrected chi connectivity index (χ4v) is 5.05. The molecule has 39 heavy (non-hydrogen) atoms. The second-order valence-electron chi connectivity index (χ2n) is 10.6. The molecule has 0 heterocycles. The van der Waals surface area contributed by atoms with Crippen molar-refractivity contribution in [2.24, 2.45) is 10.9 Å². The molecule has 2 aromatic carbocycles. The predicted molar refractivity (Wildman–Crippen MR) is 169 cm³/mol. The van der Waals surface area contributed by atoms with Gasteiger partial charge in [0.2, 0.25) is 0 Å². The van der Waals surface area contributed by atoms with Gasteiger partial charge in [-0.05, 0) is 86.5 Å². The van der Waals surface area contributed by atoms with E-state index in [2.05, 4.69) is 81.7 Å². The summed E-state index contributed by atoms with van der Waals surface area (Å²) in [6.45, 7) is 16.7. The lowest BCUT2D eigenvalue weighted by Gasteiger charge is -2.32. The van der Waals surface area contributed by atoms with Gasteiger partial charge in [0.05, 0.1) is 17.2 Å². The molecule has 1 N–H and O–H groups in total. The Hall–Kier alpha value is -3.48. The minimum Gasteiger partial charge on any atom is -0.307 e. The molecule has 0 aliphatic carbocycles. The summed E-state index contributed by atoms with van der Waals surface area (Å²) >= 11 is 0. The third-order valence-electron chi connectivity index (χ3n) is 7.35. The van der Waals surface area contributed by atoms with E-state index < -0.39 is 5.54 Å². The molecule has 0 bridgehead atoms. The van der Waals surface area contributed by atoms with Crippen LogP contribution in [0, 0.1) is 17.2 Å². The maximum absolute atomic E-state index is 9.50. The van der Waals surface area contributed by atoms with E-state index in [1.807, 2.05) is 50.5 Å². The van der Waals surface area contributed by atoms with Crippen LogP contribution in [0.25, 0.3) is 0 Å². The molecule has 2 aromatic rings. The van der Waals surface area contributed by atoms with Gasteiger partial charge >= 0.3 is 0 Å². The Labute approximate surface area is 237 Å². The average molecular weight is 522 g/mol. The predicted octanol–water partition coefficient (Wildman–Crippen LogP) is 9.22. The number of hydrogen-bond acceptors (Lipinski definition) is 3. The Balaban J connectivity index is 2.34. The highest BCUT2D eigenvalue weighted by atomic mass is 14.9. The zero-order valence-corrected chi connectivity index (χ0v) is 24.8. The summed E-state index contributed by atoms with van der Waals surface area (Å²) in [6.07, 6.45) is 16.1. The first-order chi connectivity index (χ1) is 18.8. The van der Waals surface area contributed by atoms with Gasteiger partial charge < -0.3 is 5.32 Å². The number of rotatable bonds is 16. The Morgan fingerprint density at radius 3 is 2.41 bits per heavy atom. The molecule has 0 amide bonds. The van der Waals surface area contributed by atoms with Crippen LogP contribution in [0.15, 0.2) is 102 Å². The van der Waals surface area contributed by atoms with Crippen molar-refractivity contribution >= 4 is 5.71 Å². The number of nitriles is 1. The normalized spacial score (nSPS) is 13.9. The largest absolute Gasteiger partial charge is 0.307 e. The Morgan fingerprint density at radius 2 is 1.79 bits per heavy atom. The first-order valence-corrected chi connectivity index (χ1v) is 14.3. The van der Waals surface area contributed by atoms with E-state index in [0.29, 0.717) is 12.0 Å². The molecule has 0 saturated carbocycles. The molecule has 206 valence electrons. The third kappa shape index (κ3) is 9.97. The SMILES string of the molecule is C=C/C(=C\N=C(C)c1cccc(CC(/C=C\C(=C)C)(NC)c2cccc(C#N)c2)c1)CCC(CCC)CCC. The summed E-state index contributed by atoms with van der Waals surface area (Å²) in [6, 6.07) is 18.7. The molecule has 0 radical (unpaired) electrons. The summed E-state index contributed by atoms with van der Waals surface area (Å²) < 4.78 is 0. The first kappa shape index (κ1) is 31.7. The number of allylic oxidation sites excluding steroid dienone is 4. The molecule has 0 aliphatic heterocycles. The number of nitrogens with zero attached hydrogens (tertiary/aromatic N) is 2. The van der Waals surface area contributed by atoms with Crippen molar-refractivity contribution in [1.29, 1.82) is 5.26 Å². The van der Waals surface area contributed by atoms with Crippen molar-refractivity contribution in [2.45, 2.75) is 78.2 Å². The van der Waals surface area contributed by atoms with Crippen LogP contribution in [0.4, 0.5) is 0 Å². The van der Waals surface area contributed by atoms with Crippen molar-refractivity contribution in [3.05, 3.63) is 120 Å². The monoisotopic (exact) mass is 521 g/mol. The quantitative estimate of drug-likeness (QED) is 0.177.